The van der Waals surface area contributed by atoms with Crippen LogP contribution >= 0.6 is 0 Å². The maximum absolute atomic E-state index is 13.3. The van der Waals surface area contributed by atoms with E-state index in [1.165, 1.54) is 31.6 Å². The van der Waals surface area contributed by atoms with Crippen molar-refractivity contribution in [3.05, 3.63) is 71.5 Å². The third kappa shape index (κ3) is 7.70. The van der Waals surface area contributed by atoms with E-state index < -0.39 is 12.0 Å². The number of nitrogens with zero attached hydrogens (tertiary/aromatic N) is 5. The summed E-state index contributed by atoms with van der Waals surface area (Å²) in [7, 11) is 2.90. The number of ether oxygens (including phenoxy) is 1. The summed E-state index contributed by atoms with van der Waals surface area (Å²) in [6.45, 7) is 6.14. The number of aromatic nitrogens is 4. The van der Waals surface area contributed by atoms with Gasteiger partial charge in [0.2, 0.25) is 11.7 Å². The molecule has 0 aliphatic heterocycles. The Morgan fingerprint density at radius 1 is 1.34 bits per heavy atom. The minimum absolute atomic E-state index is 0.0900. The highest BCUT2D eigenvalue weighted by atomic mass is 19.4. The van der Waals surface area contributed by atoms with Crippen molar-refractivity contribution in [1.82, 2.24) is 24.8 Å². The number of hydrazone groups is 1. The molecule has 5 N–H and O–H groups in total. The van der Waals surface area contributed by atoms with Crippen molar-refractivity contribution in [2.45, 2.75) is 25.9 Å². The van der Waals surface area contributed by atoms with Crippen LogP contribution < -0.4 is 16.9 Å². The second-order valence-corrected chi connectivity index (χ2v) is 9.11. The van der Waals surface area contributed by atoms with Crippen molar-refractivity contribution in [2.75, 3.05) is 26.0 Å². The molecule has 0 spiro atoms. The third-order valence-corrected chi connectivity index (χ3v) is 6.30. The first-order valence-electron chi connectivity index (χ1n) is 12.5. The van der Waals surface area contributed by atoms with E-state index in [1.54, 1.807) is 13.2 Å². The number of nitrogen functional groups attached to an aromatic ring is 1. The van der Waals surface area contributed by atoms with Crippen molar-refractivity contribution in [3.63, 3.8) is 0 Å². The number of fused-ring (bicyclic) bond motifs is 1. The lowest BCUT2D eigenvalue weighted by Gasteiger charge is -2.20. The fourth-order valence-electron chi connectivity index (χ4n) is 4.30. The highest BCUT2D eigenvalue weighted by Crippen LogP contribution is 2.31. The van der Waals surface area contributed by atoms with Gasteiger partial charge >= 0.3 is 6.18 Å². The molecule has 0 aliphatic carbocycles. The predicted octanol–water partition coefficient (Wildman–Crippen LogP) is 3.12. The molecule has 216 valence electrons. The van der Waals surface area contributed by atoms with Gasteiger partial charge in [0.15, 0.2) is 0 Å². The summed E-state index contributed by atoms with van der Waals surface area (Å²) < 4.78 is 46.1. The van der Waals surface area contributed by atoms with Gasteiger partial charge in [0.05, 0.1) is 28.9 Å². The summed E-state index contributed by atoms with van der Waals surface area (Å²) in [5.41, 5.74) is 9.00. The van der Waals surface area contributed by atoms with Gasteiger partial charge < -0.3 is 26.2 Å². The number of alkyl halides is 3. The van der Waals surface area contributed by atoms with Gasteiger partial charge in [-0.15, -0.1) is 0 Å². The first-order chi connectivity index (χ1) is 19.5. The number of carbonyl (C=O) groups is 1. The smallest absolute Gasteiger partial charge is 0.383 e. The van der Waals surface area contributed by atoms with Gasteiger partial charge in [-0.2, -0.15) is 18.3 Å². The lowest BCUT2D eigenvalue weighted by Crippen LogP contribution is -2.30. The summed E-state index contributed by atoms with van der Waals surface area (Å²) >= 11 is 0. The molecule has 0 bridgehead atoms. The van der Waals surface area contributed by atoms with Crippen LogP contribution in [0, 0.1) is 17.8 Å². The molecule has 1 atom stereocenters. The fraction of sp³-hybridized carbons (Fsp3) is 0.321. The van der Waals surface area contributed by atoms with E-state index in [2.05, 4.69) is 43.8 Å². The predicted molar refractivity (Wildman–Crippen MR) is 150 cm³/mol. The third-order valence-electron chi connectivity index (χ3n) is 6.30. The average Bonchev–Trinajstić information content (AvgIpc) is 3.28. The first kappa shape index (κ1) is 30.8. The van der Waals surface area contributed by atoms with E-state index in [0.717, 1.165) is 10.1 Å². The number of hydrogen-bond acceptors (Lipinski definition) is 8. The Kier molecular flexibility index (Phi) is 10.2. The molecule has 13 heteroatoms. The number of halogens is 3. The number of rotatable bonds is 10. The molecule has 0 saturated heterocycles. The van der Waals surface area contributed by atoms with Crippen molar-refractivity contribution < 1.29 is 22.7 Å². The molecule has 3 aromatic rings. The molecule has 2 heterocycles. The second-order valence-electron chi connectivity index (χ2n) is 9.11. The highest BCUT2D eigenvalue weighted by molar-refractivity contribution is 6.16. The minimum Gasteiger partial charge on any atom is -0.383 e. The molecule has 3 rings (SSSR count). The van der Waals surface area contributed by atoms with Gasteiger partial charge in [0, 0.05) is 26.3 Å². The van der Waals surface area contributed by atoms with Crippen LogP contribution in [0.3, 0.4) is 0 Å². The zero-order valence-electron chi connectivity index (χ0n) is 22.9. The molecule has 1 amide bonds. The van der Waals surface area contributed by atoms with Crippen LogP contribution in [0.15, 0.2) is 53.9 Å². The van der Waals surface area contributed by atoms with Crippen LogP contribution in [0.25, 0.3) is 11.0 Å². The quantitative estimate of drug-likeness (QED) is 0.0851. The van der Waals surface area contributed by atoms with Crippen LogP contribution in [-0.2, 0) is 29.2 Å². The number of carbonyl (C=O) groups excluding carboxylic acids is 1. The molecule has 0 aliphatic rings. The van der Waals surface area contributed by atoms with E-state index in [9.17, 15) is 18.0 Å². The number of nitrogens with one attached hydrogen (secondary N) is 1. The molecule has 0 unspecified atom stereocenters. The van der Waals surface area contributed by atoms with Gasteiger partial charge in [-0.05, 0) is 61.5 Å². The van der Waals surface area contributed by atoms with E-state index in [1.807, 2.05) is 13.0 Å². The van der Waals surface area contributed by atoms with Gasteiger partial charge in [-0.25, -0.2) is 15.0 Å². The zero-order valence-corrected chi connectivity index (χ0v) is 22.9. The normalized spacial score (nSPS) is 13.0. The number of anilines is 1. The Morgan fingerprint density at radius 2 is 2.10 bits per heavy atom. The summed E-state index contributed by atoms with van der Waals surface area (Å²) in [6, 6.07) is 4.53. The molecule has 10 nitrogen and oxygen atoms in total. The number of imidazole rings is 1. The average molecular weight is 569 g/mol. The molecule has 41 heavy (non-hydrogen) atoms. The number of hydrogen-bond donors (Lipinski definition) is 3. The van der Waals surface area contributed by atoms with Gasteiger partial charge in [0.25, 0.3) is 0 Å². The topological polar surface area (TPSA) is 146 Å². The Balaban J connectivity index is 1.96. The number of benzene rings is 1. The van der Waals surface area contributed by atoms with Crippen molar-refractivity contribution in [1.29, 1.82) is 0 Å². The second kappa shape index (κ2) is 13.6. The van der Waals surface area contributed by atoms with Crippen LogP contribution in [0.4, 0.5) is 19.0 Å². The van der Waals surface area contributed by atoms with E-state index in [0.29, 0.717) is 48.3 Å². The number of nitrogens with two attached hydrogens (primary N) is 2. The Morgan fingerprint density at radius 3 is 2.73 bits per heavy atom. The Hall–Kier alpha value is -4.70. The molecular weight excluding hydrogens is 537 g/mol. The maximum atomic E-state index is 13.3. The molecule has 0 fully saturated rings. The van der Waals surface area contributed by atoms with Crippen molar-refractivity contribution in [3.8, 4) is 11.8 Å². The lowest BCUT2D eigenvalue weighted by molar-refractivity contribution is -0.146. The Bertz CT molecular complexity index is 1550. The number of methoxy groups -OCH3 is 1. The van der Waals surface area contributed by atoms with Crippen LogP contribution in [0.5, 0.6) is 0 Å². The van der Waals surface area contributed by atoms with E-state index >= 15 is 0 Å². The van der Waals surface area contributed by atoms with E-state index in [-0.39, 0.29) is 28.9 Å². The SMILES string of the molecule is C=CC(=O)NC[C@H](C/C(=C/C)COC)Cc1ncnc(N)c1/C(C#Cc1ccc2c(c1)nc(C(F)(F)F)n2C)=N\N. The summed E-state index contributed by atoms with van der Waals surface area (Å²) in [6.07, 6.45) is 0.822. The number of allylic oxidation sites excluding steroid dienone is 1. The monoisotopic (exact) mass is 568 g/mol. The zero-order chi connectivity index (χ0) is 30.2. The maximum Gasteiger partial charge on any atom is 0.449 e. The fourth-order valence-corrected chi connectivity index (χ4v) is 4.30. The van der Waals surface area contributed by atoms with Crippen LogP contribution in [0.2, 0.25) is 0 Å². The summed E-state index contributed by atoms with van der Waals surface area (Å²) in [5.74, 6) is 10.1. The lowest BCUT2D eigenvalue weighted by atomic mass is 9.92. The highest BCUT2D eigenvalue weighted by Gasteiger charge is 2.36. The van der Waals surface area contributed by atoms with Gasteiger partial charge in [-0.3, -0.25) is 4.79 Å². The summed E-state index contributed by atoms with van der Waals surface area (Å²) in [5, 5.41) is 6.63. The van der Waals surface area contributed by atoms with Gasteiger partial charge in [-0.1, -0.05) is 18.6 Å². The van der Waals surface area contributed by atoms with E-state index in [4.69, 9.17) is 16.3 Å². The van der Waals surface area contributed by atoms with Crippen molar-refractivity contribution in [2.24, 2.45) is 23.9 Å². The van der Waals surface area contributed by atoms with Crippen LogP contribution in [-0.4, -0.2) is 51.4 Å². The molecule has 0 radical (unpaired) electrons. The summed E-state index contributed by atoms with van der Waals surface area (Å²) in [4.78, 5) is 24.1. The first-order valence-corrected chi connectivity index (χ1v) is 12.5. The minimum atomic E-state index is -4.59. The van der Waals surface area contributed by atoms with Crippen LogP contribution in [0.1, 0.15) is 36.0 Å². The van der Waals surface area contributed by atoms with Gasteiger partial charge in [0.1, 0.15) is 17.9 Å². The molecule has 0 saturated carbocycles. The molecule has 1 aromatic carbocycles. The largest absolute Gasteiger partial charge is 0.449 e. The number of amides is 1. The Labute approximate surface area is 235 Å². The number of aryl methyl sites for hydroxylation is 1. The standard InChI is InChI=1S/C28H31F3N8O2/c1-5-17(15-41-4)11-19(14-34-24(40)6-2)13-22-25(26(32)36-16-35-22)20(38-33)9-7-18-8-10-23-21(12-18)37-27(39(23)3)28(29,30)31/h5-6,8,10,12,16,19H,2,11,13-15,33H2,1,3-4H3,(H,34,40)(H2,32,35,36)/b17-5-,38-20-/t19-/m1/s1. The molecular formula is C28H31F3N8O2. The molecule has 2 aromatic heterocycles. The van der Waals surface area contributed by atoms with Crippen molar-refractivity contribution >= 4 is 28.5 Å².